The number of benzene rings is 2. The van der Waals surface area contributed by atoms with Crippen LogP contribution in [0, 0.1) is 0 Å². The van der Waals surface area contributed by atoms with E-state index in [1.807, 2.05) is 24.3 Å². The van der Waals surface area contributed by atoms with Crippen molar-refractivity contribution in [1.29, 1.82) is 0 Å². The van der Waals surface area contributed by atoms with Crippen molar-refractivity contribution in [3.63, 3.8) is 0 Å². The molecule has 7 heteroatoms. The van der Waals surface area contributed by atoms with Crippen LogP contribution in [0.25, 0.3) is 0 Å². The summed E-state index contributed by atoms with van der Waals surface area (Å²) in [5.74, 6) is 0.488. The zero-order valence-corrected chi connectivity index (χ0v) is 16.1. The number of amides is 1. The van der Waals surface area contributed by atoms with Crippen molar-refractivity contribution >= 4 is 15.9 Å². The van der Waals surface area contributed by atoms with E-state index in [1.165, 1.54) is 4.31 Å². The fourth-order valence-corrected chi connectivity index (χ4v) is 4.91. The third kappa shape index (κ3) is 4.48. The van der Waals surface area contributed by atoms with Gasteiger partial charge in [0.2, 0.25) is 15.9 Å². The highest BCUT2D eigenvalue weighted by molar-refractivity contribution is 7.89. The van der Waals surface area contributed by atoms with Crippen LogP contribution in [0.5, 0.6) is 5.75 Å². The van der Waals surface area contributed by atoms with Gasteiger partial charge in [-0.1, -0.05) is 36.8 Å². The number of sulfonamides is 1. The number of piperidine rings is 1. The van der Waals surface area contributed by atoms with E-state index in [2.05, 4.69) is 5.32 Å². The molecule has 0 aromatic heterocycles. The smallest absolute Gasteiger partial charge is 0.243 e. The van der Waals surface area contributed by atoms with Crippen molar-refractivity contribution < 1.29 is 17.9 Å². The van der Waals surface area contributed by atoms with Gasteiger partial charge in [0, 0.05) is 13.1 Å². The van der Waals surface area contributed by atoms with E-state index >= 15 is 0 Å². The van der Waals surface area contributed by atoms with Gasteiger partial charge in [-0.05, 0) is 42.7 Å². The van der Waals surface area contributed by atoms with Crippen molar-refractivity contribution in [2.75, 3.05) is 13.7 Å². The number of methoxy groups -OCH3 is 1. The van der Waals surface area contributed by atoms with Crippen LogP contribution in [0.2, 0.25) is 0 Å². The van der Waals surface area contributed by atoms with Crippen molar-refractivity contribution in [3.05, 3.63) is 60.2 Å². The average molecular weight is 388 g/mol. The van der Waals surface area contributed by atoms with E-state index in [0.717, 1.165) is 24.2 Å². The van der Waals surface area contributed by atoms with Gasteiger partial charge < -0.3 is 10.1 Å². The molecule has 1 saturated heterocycles. The first-order valence-corrected chi connectivity index (χ1v) is 10.4. The lowest BCUT2D eigenvalue weighted by atomic mass is 10.0. The van der Waals surface area contributed by atoms with Crippen molar-refractivity contribution in [2.45, 2.75) is 36.7 Å². The number of carbonyl (C=O) groups is 1. The summed E-state index contributed by atoms with van der Waals surface area (Å²) in [6.45, 7) is 0.705. The summed E-state index contributed by atoms with van der Waals surface area (Å²) in [5, 5.41) is 2.87. The van der Waals surface area contributed by atoms with Gasteiger partial charge in [-0.3, -0.25) is 4.79 Å². The van der Waals surface area contributed by atoms with Gasteiger partial charge in [-0.25, -0.2) is 8.42 Å². The Balaban J connectivity index is 1.71. The number of rotatable bonds is 6. The Kier molecular flexibility index (Phi) is 6.13. The second kappa shape index (κ2) is 8.54. The lowest BCUT2D eigenvalue weighted by molar-refractivity contribution is -0.125. The van der Waals surface area contributed by atoms with Crippen molar-refractivity contribution in [1.82, 2.24) is 9.62 Å². The second-order valence-electron chi connectivity index (χ2n) is 6.51. The Hall–Kier alpha value is -2.38. The largest absolute Gasteiger partial charge is 0.497 e. The van der Waals surface area contributed by atoms with Gasteiger partial charge in [0.1, 0.15) is 11.8 Å². The van der Waals surface area contributed by atoms with Gasteiger partial charge in [0.15, 0.2) is 0 Å². The van der Waals surface area contributed by atoms with Gasteiger partial charge in [0.25, 0.3) is 0 Å². The van der Waals surface area contributed by atoms with Crippen LogP contribution in [0.15, 0.2) is 59.5 Å². The van der Waals surface area contributed by atoms with Crippen LogP contribution in [-0.2, 0) is 21.4 Å². The Labute approximate surface area is 160 Å². The molecule has 0 aliphatic carbocycles. The molecule has 1 amide bonds. The molecule has 2 aromatic rings. The van der Waals surface area contributed by atoms with E-state index in [0.29, 0.717) is 19.5 Å². The SMILES string of the molecule is COc1ccc(CNC(=O)[C@@H]2CCCCN2S(=O)(=O)c2ccccc2)cc1. The van der Waals surface area contributed by atoms with Crippen molar-refractivity contribution in [2.24, 2.45) is 0 Å². The highest BCUT2D eigenvalue weighted by Crippen LogP contribution is 2.25. The molecule has 2 aromatic carbocycles. The molecule has 1 heterocycles. The Morgan fingerprint density at radius 2 is 1.81 bits per heavy atom. The fraction of sp³-hybridized carbons (Fsp3) is 0.350. The topological polar surface area (TPSA) is 75.7 Å². The van der Waals surface area contributed by atoms with E-state index in [-0.39, 0.29) is 10.8 Å². The molecule has 0 saturated carbocycles. The summed E-state index contributed by atoms with van der Waals surface area (Å²) < 4.78 is 32.4. The van der Waals surface area contributed by atoms with Crippen LogP contribution in [-0.4, -0.2) is 38.3 Å². The molecule has 0 radical (unpaired) electrons. The predicted molar refractivity (Wildman–Crippen MR) is 103 cm³/mol. The minimum absolute atomic E-state index is 0.222. The second-order valence-corrected chi connectivity index (χ2v) is 8.40. The molecule has 27 heavy (non-hydrogen) atoms. The molecule has 1 aliphatic rings. The maximum atomic E-state index is 13.0. The molecule has 6 nitrogen and oxygen atoms in total. The standard InChI is InChI=1S/C20H24N2O4S/c1-26-17-12-10-16(11-13-17)15-21-20(23)19-9-5-6-14-22(19)27(24,25)18-7-3-2-4-8-18/h2-4,7-8,10-13,19H,5-6,9,14-15H2,1H3,(H,21,23)/t19-/m0/s1. The molecule has 144 valence electrons. The zero-order chi connectivity index (χ0) is 19.3. The van der Waals surface area contributed by atoms with Gasteiger partial charge >= 0.3 is 0 Å². The van der Waals surface area contributed by atoms with E-state index < -0.39 is 16.1 Å². The van der Waals surface area contributed by atoms with Crippen LogP contribution >= 0.6 is 0 Å². The van der Waals surface area contributed by atoms with E-state index in [1.54, 1.807) is 37.4 Å². The minimum atomic E-state index is -3.69. The molecule has 3 rings (SSSR count). The summed E-state index contributed by atoms with van der Waals surface area (Å²) in [6.07, 6.45) is 2.12. The lowest BCUT2D eigenvalue weighted by Gasteiger charge is -2.33. The molecule has 0 spiro atoms. The predicted octanol–water partition coefficient (Wildman–Crippen LogP) is 2.55. The number of carbonyl (C=O) groups excluding carboxylic acids is 1. The number of hydrogen-bond donors (Lipinski definition) is 1. The van der Waals surface area contributed by atoms with E-state index in [4.69, 9.17) is 4.74 Å². The molecular weight excluding hydrogens is 364 g/mol. The molecule has 0 unspecified atom stereocenters. The van der Waals surface area contributed by atoms with E-state index in [9.17, 15) is 13.2 Å². The average Bonchev–Trinajstić information content (AvgIpc) is 2.73. The van der Waals surface area contributed by atoms with Crippen LogP contribution in [0.3, 0.4) is 0 Å². The highest BCUT2D eigenvalue weighted by Gasteiger charge is 2.37. The van der Waals surface area contributed by atoms with Crippen LogP contribution < -0.4 is 10.1 Å². The van der Waals surface area contributed by atoms with Gasteiger partial charge in [0.05, 0.1) is 12.0 Å². The molecular formula is C20H24N2O4S. The van der Waals surface area contributed by atoms with Gasteiger partial charge in [-0.15, -0.1) is 0 Å². The summed E-state index contributed by atoms with van der Waals surface area (Å²) in [4.78, 5) is 13.0. The number of hydrogen-bond acceptors (Lipinski definition) is 4. The normalized spacial score (nSPS) is 18.0. The lowest BCUT2D eigenvalue weighted by Crippen LogP contribution is -2.51. The maximum absolute atomic E-state index is 13.0. The molecule has 0 bridgehead atoms. The van der Waals surface area contributed by atoms with Gasteiger partial charge in [-0.2, -0.15) is 4.31 Å². The summed E-state index contributed by atoms with van der Waals surface area (Å²) in [6, 6.07) is 15.0. The number of nitrogens with one attached hydrogen (secondary N) is 1. The third-order valence-corrected chi connectivity index (χ3v) is 6.65. The summed E-state index contributed by atoms with van der Waals surface area (Å²) in [7, 11) is -2.09. The molecule has 1 atom stereocenters. The number of ether oxygens (including phenoxy) is 1. The fourth-order valence-electron chi connectivity index (χ4n) is 3.23. The monoisotopic (exact) mass is 388 g/mol. The quantitative estimate of drug-likeness (QED) is 0.825. The third-order valence-electron chi connectivity index (χ3n) is 4.73. The molecule has 1 aliphatic heterocycles. The van der Waals surface area contributed by atoms with Crippen molar-refractivity contribution in [3.8, 4) is 5.75 Å². The first-order valence-electron chi connectivity index (χ1n) is 9.00. The minimum Gasteiger partial charge on any atom is -0.497 e. The molecule has 1 N–H and O–H groups in total. The zero-order valence-electron chi connectivity index (χ0n) is 15.3. The first-order chi connectivity index (χ1) is 13.0. The Morgan fingerprint density at radius 1 is 1.11 bits per heavy atom. The highest BCUT2D eigenvalue weighted by atomic mass is 32.2. The van der Waals surface area contributed by atoms with Crippen LogP contribution in [0.1, 0.15) is 24.8 Å². The summed E-state index contributed by atoms with van der Waals surface area (Å²) in [5.41, 5.74) is 0.928. The number of nitrogens with zero attached hydrogens (tertiary/aromatic N) is 1. The maximum Gasteiger partial charge on any atom is 0.243 e. The first kappa shape index (κ1) is 19.4. The summed E-state index contributed by atoms with van der Waals surface area (Å²) >= 11 is 0. The van der Waals surface area contributed by atoms with Crippen LogP contribution in [0.4, 0.5) is 0 Å². The molecule has 1 fully saturated rings. The Morgan fingerprint density at radius 3 is 2.48 bits per heavy atom. The Bertz CT molecular complexity index is 867.